The molecule has 5 rings (SSSR count). The second kappa shape index (κ2) is 8.53. The van der Waals surface area contributed by atoms with Gasteiger partial charge in [-0.1, -0.05) is 0 Å². The summed E-state index contributed by atoms with van der Waals surface area (Å²) in [6, 6.07) is 0.441. The van der Waals surface area contributed by atoms with E-state index in [9.17, 15) is 36.3 Å². The Morgan fingerprint density at radius 3 is 2.56 bits per heavy atom. The molecule has 1 aliphatic carbocycles. The van der Waals surface area contributed by atoms with Crippen molar-refractivity contribution >= 4 is 28.8 Å². The van der Waals surface area contributed by atoms with E-state index in [4.69, 9.17) is 0 Å². The summed E-state index contributed by atoms with van der Waals surface area (Å²) < 4.78 is 69.4. The van der Waals surface area contributed by atoms with Crippen molar-refractivity contribution in [2.75, 3.05) is 18.0 Å². The van der Waals surface area contributed by atoms with Crippen LogP contribution in [0.1, 0.15) is 23.2 Å². The van der Waals surface area contributed by atoms with Gasteiger partial charge in [0.1, 0.15) is 23.2 Å². The summed E-state index contributed by atoms with van der Waals surface area (Å²) in [5.41, 5.74) is -1.90. The first-order chi connectivity index (χ1) is 17.0. The zero-order valence-corrected chi connectivity index (χ0v) is 18.3. The number of rotatable bonds is 5. The van der Waals surface area contributed by atoms with E-state index < -0.39 is 58.5 Å². The number of carbonyl (C=O) groups excluding carboxylic acids is 2. The van der Waals surface area contributed by atoms with Crippen molar-refractivity contribution < 1.29 is 31.5 Å². The van der Waals surface area contributed by atoms with E-state index in [1.807, 2.05) is 5.32 Å². The molecule has 1 atom stereocenters. The summed E-state index contributed by atoms with van der Waals surface area (Å²) >= 11 is 0. The predicted molar refractivity (Wildman–Crippen MR) is 116 cm³/mol. The monoisotopic (exact) mass is 508 g/mol. The number of fused-ring (bicyclic) bond motifs is 1. The van der Waals surface area contributed by atoms with E-state index in [2.05, 4.69) is 15.3 Å². The molecule has 3 amide bonds. The Hall–Kier alpha value is -4.10. The number of pyridine rings is 3. The van der Waals surface area contributed by atoms with Crippen LogP contribution in [0.25, 0.3) is 16.9 Å². The topological polar surface area (TPSA) is 109 Å². The predicted octanol–water partition coefficient (Wildman–Crippen LogP) is 2.66. The van der Waals surface area contributed by atoms with E-state index in [1.165, 1.54) is 17.0 Å². The summed E-state index contributed by atoms with van der Waals surface area (Å²) in [7, 11) is 0. The first kappa shape index (κ1) is 23.6. The molecular formula is C22H17F5N6O3. The lowest BCUT2D eigenvalue weighted by atomic mass is 10.1. The Morgan fingerprint density at radius 2 is 1.94 bits per heavy atom. The van der Waals surface area contributed by atoms with Gasteiger partial charge in [-0.2, -0.15) is 13.2 Å². The smallest absolute Gasteiger partial charge is 0.340 e. The van der Waals surface area contributed by atoms with Gasteiger partial charge < -0.3 is 10.6 Å². The summed E-state index contributed by atoms with van der Waals surface area (Å²) in [5.74, 6) is -4.75. The number of alkyl halides is 3. The summed E-state index contributed by atoms with van der Waals surface area (Å²) in [5, 5.41) is 4.21. The maximum absolute atomic E-state index is 14.7. The summed E-state index contributed by atoms with van der Waals surface area (Å²) in [4.78, 5) is 47.3. The molecule has 1 aliphatic heterocycles. The van der Waals surface area contributed by atoms with Crippen molar-refractivity contribution in [1.82, 2.24) is 25.2 Å². The van der Waals surface area contributed by atoms with Crippen molar-refractivity contribution in [2.45, 2.75) is 25.1 Å². The van der Waals surface area contributed by atoms with E-state index in [0.717, 1.165) is 10.8 Å². The van der Waals surface area contributed by atoms with Crippen molar-refractivity contribution in [3.05, 3.63) is 58.0 Å². The van der Waals surface area contributed by atoms with Crippen LogP contribution in [-0.2, 0) is 0 Å². The highest BCUT2D eigenvalue weighted by Crippen LogP contribution is 2.40. The maximum Gasteiger partial charge on any atom is 0.408 e. The Labute approximate surface area is 198 Å². The van der Waals surface area contributed by atoms with Crippen LogP contribution in [0, 0.1) is 17.6 Å². The van der Waals surface area contributed by atoms with E-state index >= 15 is 0 Å². The van der Waals surface area contributed by atoms with Crippen molar-refractivity contribution in [2.24, 2.45) is 5.92 Å². The molecule has 2 N–H and O–H groups in total. The van der Waals surface area contributed by atoms with Crippen LogP contribution in [0.15, 0.2) is 35.4 Å². The van der Waals surface area contributed by atoms with Crippen LogP contribution < -0.4 is 21.0 Å². The van der Waals surface area contributed by atoms with Gasteiger partial charge in [0.05, 0.1) is 11.6 Å². The number of carbonyl (C=O) groups is 2. The third-order valence-electron chi connectivity index (χ3n) is 5.96. The zero-order chi connectivity index (χ0) is 25.8. The maximum atomic E-state index is 14.7. The second-order valence-corrected chi connectivity index (χ2v) is 8.46. The number of amides is 3. The van der Waals surface area contributed by atoms with E-state index in [0.29, 0.717) is 18.8 Å². The molecule has 3 aromatic heterocycles. The molecule has 0 aromatic carbocycles. The van der Waals surface area contributed by atoms with Crippen LogP contribution in [-0.4, -0.2) is 51.8 Å². The van der Waals surface area contributed by atoms with Gasteiger partial charge >= 0.3 is 12.2 Å². The lowest BCUT2D eigenvalue weighted by molar-refractivity contribution is -0.158. The SMILES string of the molecule is O=C(NC(C1CC1)C(F)(F)F)c1cn(-c2ncc(F)cc2F)c2nc(N3CCNC3=O)ccc2c1=O. The van der Waals surface area contributed by atoms with Crippen molar-refractivity contribution in [3.63, 3.8) is 0 Å². The van der Waals surface area contributed by atoms with Crippen LogP contribution >= 0.6 is 0 Å². The van der Waals surface area contributed by atoms with Gasteiger partial charge in [-0.3, -0.25) is 19.1 Å². The fourth-order valence-corrected chi connectivity index (χ4v) is 4.06. The zero-order valence-electron chi connectivity index (χ0n) is 18.3. The second-order valence-electron chi connectivity index (χ2n) is 8.46. The molecule has 14 heteroatoms. The standard InChI is InChI=1S/C22H17F5N6O3/c23-11-7-14(24)19(29-8-11)33-9-13(20(35)31-17(10-1-2-10)22(25,26)27)16(34)12-3-4-15(30-18(12)33)32-6-5-28-21(32)36/h3-4,7-10,17H,1-2,5-6H2,(H,28,36)(H,31,35). The first-order valence-electron chi connectivity index (χ1n) is 10.9. The third kappa shape index (κ3) is 4.22. The van der Waals surface area contributed by atoms with Crippen LogP contribution in [0.3, 0.4) is 0 Å². The summed E-state index contributed by atoms with van der Waals surface area (Å²) in [6.07, 6.45) is -2.69. The molecule has 1 unspecified atom stereocenters. The average Bonchev–Trinajstić information content (AvgIpc) is 3.56. The van der Waals surface area contributed by atoms with E-state index in [-0.39, 0.29) is 36.2 Å². The highest BCUT2D eigenvalue weighted by atomic mass is 19.4. The van der Waals surface area contributed by atoms with Gasteiger partial charge in [-0.25, -0.2) is 23.5 Å². The van der Waals surface area contributed by atoms with Gasteiger partial charge in [0.2, 0.25) is 5.43 Å². The molecule has 0 radical (unpaired) electrons. The number of nitrogens with one attached hydrogen (secondary N) is 2. The minimum Gasteiger partial charge on any atom is -0.340 e. The molecule has 2 fully saturated rings. The molecule has 1 saturated carbocycles. The number of nitrogens with zero attached hydrogens (tertiary/aromatic N) is 4. The number of aromatic nitrogens is 3. The van der Waals surface area contributed by atoms with Gasteiger partial charge in [0, 0.05) is 25.4 Å². The fourth-order valence-electron chi connectivity index (χ4n) is 4.06. The quantitative estimate of drug-likeness (QED) is 0.516. The molecule has 9 nitrogen and oxygen atoms in total. The van der Waals surface area contributed by atoms with Crippen LogP contribution in [0.4, 0.5) is 32.6 Å². The van der Waals surface area contributed by atoms with Crippen molar-refractivity contribution in [3.8, 4) is 5.82 Å². The van der Waals surface area contributed by atoms with E-state index in [1.54, 1.807) is 0 Å². The molecule has 0 spiro atoms. The third-order valence-corrected chi connectivity index (χ3v) is 5.96. The van der Waals surface area contributed by atoms with Gasteiger partial charge in [-0.05, 0) is 30.9 Å². The Bertz CT molecular complexity index is 1450. The van der Waals surface area contributed by atoms with Crippen molar-refractivity contribution in [1.29, 1.82) is 0 Å². The highest BCUT2D eigenvalue weighted by Gasteiger charge is 2.49. The fraction of sp³-hybridized carbons (Fsp3) is 0.318. The molecule has 1 saturated heterocycles. The highest BCUT2D eigenvalue weighted by molar-refractivity contribution is 5.98. The Balaban J connectivity index is 1.67. The van der Waals surface area contributed by atoms with Gasteiger partial charge in [-0.15, -0.1) is 0 Å². The number of anilines is 1. The minimum atomic E-state index is -4.73. The molecular weight excluding hydrogens is 491 g/mol. The largest absolute Gasteiger partial charge is 0.408 e. The lowest BCUT2D eigenvalue weighted by Gasteiger charge is -2.21. The van der Waals surface area contributed by atoms with Gasteiger partial charge in [0.15, 0.2) is 17.3 Å². The number of urea groups is 1. The Morgan fingerprint density at radius 1 is 1.19 bits per heavy atom. The molecule has 2 aliphatic rings. The van der Waals surface area contributed by atoms with Crippen LogP contribution in [0.2, 0.25) is 0 Å². The first-order valence-corrected chi connectivity index (χ1v) is 10.9. The Kier molecular flexibility index (Phi) is 5.60. The minimum absolute atomic E-state index is 0.0937. The lowest BCUT2D eigenvalue weighted by Crippen LogP contribution is -2.48. The summed E-state index contributed by atoms with van der Waals surface area (Å²) in [6.45, 7) is 0.588. The molecule has 4 heterocycles. The molecule has 3 aromatic rings. The number of halogens is 5. The van der Waals surface area contributed by atoms with Gasteiger partial charge in [0.25, 0.3) is 5.91 Å². The average molecular weight is 508 g/mol. The van der Waals surface area contributed by atoms with Crippen LogP contribution in [0.5, 0.6) is 0 Å². The molecule has 36 heavy (non-hydrogen) atoms. The normalized spacial score (nSPS) is 16.8. The number of hydrogen-bond donors (Lipinski definition) is 2. The molecule has 0 bridgehead atoms. The molecule has 188 valence electrons. The number of hydrogen-bond acceptors (Lipinski definition) is 5.